The van der Waals surface area contributed by atoms with Gasteiger partial charge in [-0.3, -0.25) is 9.59 Å². The first-order valence-corrected chi connectivity index (χ1v) is 11.1. The molecule has 0 bridgehead atoms. The number of benzene rings is 1. The minimum absolute atomic E-state index is 0.193. The summed E-state index contributed by atoms with van der Waals surface area (Å²) in [6.07, 6.45) is 0. The third-order valence-electron chi connectivity index (χ3n) is 4.45. The third-order valence-corrected chi connectivity index (χ3v) is 6.53. The molecule has 156 valence electrons. The minimum atomic E-state index is -0.567. The van der Waals surface area contributed by atoms with Crippen LogP contribution in [-0.4, -0.2) is 24.4 Å². The van der Waals surface area contributed by atoms with E-state index in [9.17, 15) is 14.4 Å². The summed E-state index contributed by atoms with van der Waals surface area (Å²) in [5, 5.41) is 7.82. The normalized spacial score (nSPS) is 11.6. The van der Waals surface area contributed by atoms with Gasteiger partial charge in [-0.15, -0.1) is 22.7 Å². The van der Waals surface area contributed by atoms with Crippen molar-refractivity contribution in [3.05, 3.63) is 74.3 Å². The fraction of sp³-hybridized carbons (Fsp3) is 0.227. The highest BCUT2D eigenvalue weighted by Crippen LogP contribution is 2.34. The van der Waals surface area contributed by atoms with Crippen LogP contribution >= 0.6 is 22.7 Å². The SMILES string of the molecule is CCOC(=O)c1c(NC(=O)c2cccs2)sc(C(=O)NC(C)c2ccccc2)c1C. The lowest BCUT2D eigenvalue weighted by Gasteiger charge is -2.14. The Morgan fingerprint density at radius 2 is 1.80 bits per heavy atom. The number of hydrogen-bond donors (Lipinski definition) is 2. The van der Waals surface area contributed by atoms with Crippen LogP contribution in [0.25, 0.3) is 0 Å². The largest absolute Gasteiger partial charge is 0.462 e. The molecule has 0 fully saturated rings. The molecule has 6 nitrogen and oxygen atoms in total. The topological polar surface area (TPSA) is 84.5 Å². The van der Waals surface area contributed by atoms with Crippen molar-refractivity contribution in [2.45, 2.75) is 26.8 Å². The van der Waals surface area contributed by atoms with Crippen LogP contribution in [0.2, 0.25) is 0 Å². The van der Waals surface area contributed by atoms with Crippen molar-refractivity contribution >= 4 is 45.5 Å². The molecule has 0 aliphatic rings. The number of amides is 2. The Kier molecular flexibility index (Phi) is 7.02. The first-order valence-electron chi connectivity index (χ1n) is 9.43. The quantitative estimate of drug-likeness (QED) is 0.502. The maximum atomic E-state index is 12.9. The second-order valence-electron chi connectivity index (χ2n) is 6.52. The highest BCUT2D eigenvalue weighted by molar-refractivity contribution is 7.19. The van der Waals surface area contributed by atoms with Crippen LogP contribution in [0, 0.1) is 6.92 Å². The number of hydrogen-bond acceptors (Lipinski definition) is 6. The van der Waals surface area contributed by atoms with Gasteiger partial charge in [0.05, 0.1) is 28.0 Å². The van der Waals surface area contributed by atoms with Gasteiger partial charge in [-0.1, -0.05) is 36.4 Å². The van der Waals surface area contributed by atoms with Gasteiger partial charge in [0.1, 0.15) is 5.00 Å². The summed E-state index contributed by atoms with van der Waals surface area (Å²) < 4.78 is 5.15. The molecule has 3 rings (SSSR count). The number of ether oxygens (including phenoxy) is 1. The van der Waals surface area contributed by atoms with Gasteiger partial charge in [-0.05, 0) is 43.3 Å². The second kappa shape index (κ2) is 9.69. The third kappa shape index (κ3) is 4.77. The molecule has 1 atom stereocenters. The van der Waals surface area contributed by atoms with Gasteiger partial charge in [0.15, 0.2) is 0 Å². The van der Waals surface area contributed by atoms with E-state index in [1.54, 1.807) is 31.4 Å². The molecule has 1 unspecified atom stereocenters. The van der Waals surface area contributed by atoms with Crippen LogP contribution in [0.15, 0.2) is 47.8 Å². The Labute approximate surface area is 182 Å². The summed E-state index contributed by atoms with van der Waals surface area (Å²) in [6, 6.07) is 12.9. The lowest BCUT2D eigenvalue weighted by atomic mass is 10.1. The van der Waals surface area contributed by atoms with E-state index in [0.29, 0.717) is 20.3 Å². The van der Waals surface area contributed by atoms with Crippen LogP contribution in [0.4, 0.5) is 5.00 Å². The molecular weight excluding hydrogens is 420 g/mol. The predicted molar refractivity (Wildman–Crippen MR) is 120 cm³/mol. The van der Waals surface area contributed by atoms with E-state index in [1.165, 1.54) is 11.3 Å². The monoisotopic (exact) mass is 442 g/mol. The molecule has 0 aliphatic heterocycles. The average Bonchev–Trinajstić information content (AvgIpc) is 3.37. The van der Waals surface area contributed by atoms with Crippen molar-refractivity contribution < 1.29 is 19.1 Å². The highest BCUT2D eigenvalue weighted by Gasteiger charge is 2.27. The van der Waals surface area contributed by atoms with Crippen LogP contribution in [0.5, 0.6) is 0 Å². The Bertz CT molecular complexity index is 1040. The molecule has 2 aromatic heterocycles. The number of rotatable bonds is 7. The standard InChI is InChI=1S/C22H22N2O4S2/c1-4-28-22(27)17-13(2)18(20(26)23-14(3)15-9-6-5-7-10-15)30-21(17)24-19(25)16-11-8-12-29-16/h5-12,14H,4H2,1-3H3,(H,23,26)(H,24,25). The molecule has 0 saturated carbocycles. The molecular formula is C22H22N2O4S2. The van der Waals surface area contributed by atoms with Gasteiger partial charge in [0.25, 0.3) is 11.8 Å². The van der Waals surface area contributed by atoms with Gasteiger partial charge in [-0.2, -0.15) is 0 Å². The number of thiophene rings is 2. The molecule has 0 spiro atoms. The van der Waals surface area contributed by atoms with Crippen molar-refractivity contribution in [2.24, 2.45) is 0 Å². The summed E-state index contributed by atoms with van der Waals surface area (Å²) in [5.41, 5.74) is 1.67. The van der Waals surface area contributed by atoms with Gasteiger partial charge in [0, 0.05) is 0 Å². The molecule has 2 amide bonds. The number of carbonyl (C=O) groups is 3. The number of nitrogens with one attached hydrogen (secondary N) is 2. The smallest absolute Gasteiger partial charge is 0.341 e. The lowest BCUT2D eigenvalue weighted by Crippen LogP contribution is -2.26. The summed E-state index contributed by atoms with van der Waals surface area (Å²) in [7, 11) is 0. The molecule has 0 saturated heterocycles. The molecule has 0 aliphatic carbocycles. The highest BCUT2D eigenvalue weighted by atomic mass is 32.1. The number of esters is 1. The van der Waals surface area contributed by atoms with Gasteiger partial charge < -0.3 is 15.4 Å². The zero-order valence-electron chi connectivity index (χ0n) is 16.9. The maximum Gasteiger partial charge on any atom is 0.341 e. The average molecular weight is 443 g/mol. The van der Waals surface area contributed by atoms with Crippen molar-refractivity contribution in [3.63, 3.8) is 0 Å². The van der Waals surface area contributed by atoms with Crippen LogP contribution < -0.4 is 10.6 Å². The van der Waals surface area contributed by atoms with E-state index in [-0.39, 0.29) is 30.0 Å². The minimum Gasteiger partial charge on any atom is -0.462 e. The van der Waals surface area contributed by atoms with Gasteiger partial charge in [-0.25, -0.2) is 4.79 Å². The molecule has 2 heterocycles. The van der Waals surface area contributed by atoms with E-state index in [4.69, 9.17) is 4.74 Å². The molecule has 2 N–H and O–H groups in total. The molecule has 0 radical (unpaired) electrons. The summed E-state index contributed by atoms with van der Waals surface area (Å²) in [5.74, 6) is -1.21. The Morgan fingerprint density at radius 1 is 1.07 bits per heavy atom. The van der Waals surface area contributed by atoms with Gasteiger partial charge in [0.2, 0.25) is 0 Å². The zero-order valence-corrected chi connectivity index (χ0v) is 18.5. The van der Waals surface area contributed by atoms with E-state index in [2.05, 4.69) is 10.6 Å². The molecule has 1 aromatic carbocycles. The Balaban J connectivity index is 1.89. The van der Waals surface area contributed by atoms with Gasteiger partial charge >= 0.3 is 5.97 Å². The van der Waals surface area contributed by atoms with E-state index >= 15 is 0 Å². The van der Waals surface area contributed by atoms with Crippen molar-refractivity contribution in [3.8, 4) is 0 Å². The fourth-order valence-corrected chi connectivity index (χ4v) is 4.64. The number of anilines is 1. The summed E-state index contributed by atoms with van der Waals surface area (Å²) >= 11 is 2.37. The fourth-order valence-electron chi connectivity index (χ4n) is 2.93. The molecule has 3 aromatic rings. The second-order valence-corrected chi connectivity index (χ2v) is 8.49. The Morgan fingerprint density at radius 3 is 2.43 bits per heavy atom. The van der Waals surface area contributed by atoms with Crippen molar-refractivity contribution in [1.29, 1.82) is 0 Å². The lowest BCUT2D eigenvalue weighted by molar-refractivity contribution is 0.0527. The van der Waals surface area contributed by atoms with Crippen LogP contribution in [0.3, 0.4) is 0 Å². The van der Waals surface area contributed by atoms with Crippen LogP contribution in [-0.2, 0) is 4.74 Å². The van der Waals surface area contributed by atoms with Crippen LogP contribution in [0.1, 0.15) is 60.7 Å². The summed E-state index contributed by atoms with van der Waals surface area (Å²) in [6.45, 7) is 5.48. The van der Waals surface area contributed by atoms with E-state index < -0.39 is 5.97 Å². The summed E-state index contributed by atoms with van der Waals surface area (Å²) in [4.78, 5) is 38.9. The Hall–Kier alpha value is -2.97. The van der Waals surface area contributed by atoms with E-state index in [1.807, 2.05) is 37.3 Å². The number of carbonyl (C=O) groups excluding carboxylic acids is 3. The molecule has 30 heavy (non-hydrogen) atoms. The first-order chi connectivity index (χ1) is 14.4. The van der Waals surface area contributed by atoms with E-state index in [0.717, 1.165) is 16.9 Å². The first kappa shape index (κ1) is 21.7. The zero-order chi connectivity index (χ0) is 21.7. The predicted octanol–water partition coefficient (Wildman–Crippen LogP) is 5.04. The van der Waals surface area contributed by atoms with Crippen molar-refractivity contribution in [2.75, 3.05) is 11.9 Å². The van der Waals surface area contributed by atoms with Crippen molar-refractivity contribution in [1.82, 2.24) is 5.32 Å². The maximum absolute atomic E-state index is 12.9. The molecule has 8 heteroatoms.